The van der Waals surface area contributed by atoms with Gasteiger partial charge in [0.1, 0.15) is 18.1 Å². The number of amides is 3. The van der Waals surface area contributed by atoms with Crippen molar-refractivity contribution in [2.24, 2.45) is 5.73 Å². The zero-order chi connectivity index (χ0) is 32.8. The minimum absolute atomic E-state index is 0.0910. The second-order valence-electron chi connectivity index (χ2n) is 10.5. The maximum atomic E-state index is 13.5. The van der Waals surface area contributed by atoms with E-state index in [2.05, 4.69) is 21.3 Å². The van der Waals surface area contributed by atoms with Crippen LogP contribution in [0.15, 0.2) is 91.0 Å². The van der Waals surface area contributed by atoms with Crippen molar-refractivity contribution in [3.05, 3.63) is 108 Å². The summed E-state index contributed by atoms with van der Waals surface area (Å²) in [5, 5.41) is 27.2. The Morgan fingerprint density at radius 1 is 0.800 bits per heavy atom. The Labute approximate surface area is 267 Å². The Morgan fingerprint density at radius 2 is 1.29 bits per heavy atom. The van der Waals surface area contributed by atoms with Crippen LogP contribution in [0.3, 0.4) is 0 Å². The molecule has 0 bridgehead atoms. The average molecular weight is 633 g/mol. The molecule has 8 N–H and O–H groups in total. The Balaban J connectivity index is 1.83. The maximum absolute atomic E-state index is 13.5. The molecule has 11 nitrogen and oxygen atoms in total. The van der Waals surface area contributed by atoms with Gasteiger partial charge in [-0.3, -0.25) is 19.8 Å². The average Bonchev–Trinajstić information content (AvgIpc) is 3.03. The van der Waals surface area contributed by atoms with E-state index in [0.29, 0.717) is 6.42 Å². The van der Waals surface area contributed by atoms with Crippen LogP contribution in [0.1, 0.15) is 43.4 Å². The first kappa shape index (κ1) is 34.6. The maximum Gasteiger partial charge on any atom is 0.326 e. The Hall–Kier alpha value is -4.84. The number of nitrogens with one attached hydrogen (secondary N) is 5. The highest BCUT2D eigenvalue weighted by molar-refractivity contribution is 8.00. The molecule has 0 saturated heterocycles. The molecule has 0 fully saturated rings. The van der Waals surface area contributed by atoms with E-state index < -0.39 is 46.6 Å². The first-order chi connectivity index (χ1) is 21.5. The third-order valence-corrected chi connectivity index (χ3v) is 8.69. The number of carboxylic acid groups (broad SMARTS) is 1. The summed E-state index contributed by atoms with van der Waals surface area (Å²) in [5.41, 5.74) is 8.20. The van der Waals surface area contributed by atoms with Gasteiger partial charge in [0, 0.05) is 19.2 Å². The van der Waals surface area contributed by atoms with Gasteiger partial charge in [0.25, 0.3) is 0 Å². The molecule has 0 spiro atoms. The molecule has 0 saturated carbocycles. The summed E-state index contributed by atoms with van der Waals surface area (Å²) in [6.07, 6.45) is 0.430. The van der Waals surface area contributed by atoms with Gasteiger partial charge in [-0.05, 0) is 36.5 Å². The molecule has 0 aliphatic heterocycles. The summed E-state index contributed by atoms with van der Waals surface area (Å²) in [4.78, 5) is 50.4. The topological polar surface area (TPSA) is 186 Å². The van der Waals surface area contributed by atoms with Crippen LogP contribution in [0, 0.1) is 5.41 Å². The summed E-state index contributed by atoms with van der Waals surface area (Å²) in [7, 11) is 0. The number of nitrogens with two attached hydrogens (primary N) is 1. The molecule has 0 radical (unpaired) electrons. The number of aliphatic carboxylic acids is 1. The van der Waals surface area contributed by atoms with Gasteiger partial charge in [0.15, 0.2) is 5.96 Å². The van der Waals surface area contributed by atoms with E-state index in [1.807, 2.05) is 91.0 Å². The fourth-order valence-corrected chi connectivity index (χ4v) is 6.43. The van der Waals surface area contributed by atoms with Crippen LogP contribution in [0.5, 0.6) is 0 Å². The molecule has 0 heterocycles. The van der Waals surface area contributed by atoms with Crippen LogP contribution in [0.2, 0.25) is 0 Å². The number of carbonyl (C=O) groups excluding carboxylic acids is 3. The molecule has 45 heavy (non-hydrogen) atoms. The molecule has 12 heteroatoms. The molecule has 238 valence electrons. The van der Waals surface area contributed by atoms with E-state index in [1.165, 1.54) is 25.6 Å². The zero-order valence-electron chi connectivity index (χ0n) is 25.3. The van der Waals surface area contributed by atoms with E-state index in [1.54, 1.807) is 0 Å². The number of thioether (sulfide) groups is 1. The summed E-state index contributed by atoms with van der Waals surface area (Å²) in [5.74, 6) is -2.99. The third kappa shape index (κ3) is 9.83. The molecule has 0 aliphatic rings. The number of hydrogen-bond acceptors (Lipinski definition) is 6. The van der Waals surface area contributed by atoms with Gasteiger partial charge in [-0.25, -0.2) is 4.79 Å². The van der Waals surface area contributed by atoms with Crippen molar-refractivity contribution in [1.82, 2.24) is 21.3 Å². The number of benzene rings is 3. The molecular weight excluding hydrogens is 592 g/mol. The van der Waals surface area contributed by atoms with Crippen molar-refractivity contribution in [1.29, 1.82) is 5.41 Å². The summed E-state index contributed by atoms with van der Waals surface area (Å²) in [6, 6.07) is 26.4. The lowest BCUT2D eigenvalue weighted by atomic mass is 9.84. The Kier molecular flexibility index (Phi) is 13.0. The monoisotopic (exact) mass is 632 g/mol. The van der Waals surface area contributed by atoms with Crippen LogP contribution in [0.4, 0.5) is 0 Å². The summed E-state index contributed by atoms with van der Waals surface area (Å²) in [6.45, 7) is 3.04. The number of guanidine groups is 1. The smallest absolute Gasteiger partial charge is 0.326 e. The number of carbonyl (C=O) groups is 4. The number of carboxylic acids is 1. The highest BCUT2D eigenvalue weighted by Gasteiger charge is 2.38. The second-order valence-corrected chi connectivity index (χ2v) is 11.7. The molecule has 3 aromatic rings. The van der Waals surface area contributed by atoms with E-state index in [0.717, 1.165) is 16.7 Å². The first-order valence-corrected chi connectivity index (χ1v) is 15.5. The minimum Gasteiger partial charge on any atom is -0.480 e. The van der Waals surface area contributed by atoms with Gasteiger partial charge < -0.3 is 32.1 Å². The lowest BCUT2D eigenvalue weighted by Crippen LogP contribution is -2.55. The second kappa shape index (κ2) is 16.9. The highest BCUT2D eigenvalue weighted by Crippen LogP contribution is 2.48. The first-order valence-electron chi connectivity index (χ1n) is 14.5. The lowest BCUT2D eigenvalue weighted by Gasteiger charge is -2.36. The highest BCUT2D eigenvalue weighted by atomic mass is 32.2. The van der Waals surface area contributed by atoms with Crippen molar-refractivity contribution in [3.8, 4) is 0 Å². The molecule has 3 rings (SSSR count). The third-order valence-electron chi connectivity index (χ3n) is 7.05. The van der Waals surface area contributed by atoms with Crippen LogP contribution < -0.4 is 27.0 Å². The van der Waals surface area contributed by atoms with Crippen LogP contribution in [0.25, 0.3) is 0 Å². The number of rotatable bonds is 16. The van der Waals surface area contributed by atoms with Gasteiger partial charge in [0.05, 0.1) is 4.75 Å². The molecule has 3 amide bonds. The molecule has 3 aromatic carbocycles. The van der Waals surface area contributed by atoms with Gasteiger partial charge in [-0.15, -0.1) is 11.8 Å². The molecule has 0 unspecified atom stereocenters. The van der Waals surface area contributed by atoms with Gasteiger partial charge in [-0.2, -0.15) is 0 Å². The largest absolute Gasteiger partial charge is 0.480 e. The fraction of sp³-hybridized carbons (Fsp3) is 0.303. The van der Waals surface area contributed by atoms with Crippen molar-refractivity contribution in [2.45, 2.75) is 49.6 Å². The summed E-state index contributed by atoms with van der Waals surface area (Å²) < 4.78 is -0.740. The van der Waals surface area contributed by atoms with Crippen molar-refractivity contribution < 1.29 is 24.3 Å². The van der Waals surface area contributed by atoms with E-state index in [4.69, 9.17) is 11.1 Å². The Bertz CT molecular complexity index is 1350. The number of hydrogen-bond donors (Lipinski definition) is 7. The molecule has 0 aliphatic carbocycles. The van der Waals surface area contributed by atoms with Gasteiger partial charge >= 0.3 is 5.97 Å². The summed E-state index contributed by atoms with van der Waals surface area (Å²) >= 11 is 1.49. The zero-order valence-corrected chi connectivity index (χ0v) is 26.1. The van der Waals surface area contributed by atoms with Crippen molar-refractivity contribution in [2.75, 3.05) is 12.3 Å². The molecule has 3 atom stereocenters. The lowest BCUT2D eigenvalue weighted by molar-refractivity contribution is -0.142. The normalized spacial score (nSPS) is 13.0. The van der Waals surface area contributed by atoms with E-state index in [-0.39, 0.29) is 24.7 Å². The van der Waals surface area contributed by atoms with Crippen molar-refractivity contribution >= 4 is 41.4 Å². The Morgan fingerprint density at radius 3 is 1.71 bits per heavy atom. The van der Waals surface area contributed by atoms with Crippen LogP contribution >= 0.6 is 11.8 Å². The minimum atomic E-state index is -1.23. The van der Waals surface area contributed by atoms with Gasteiger partial charge in [0.2, 0.25) is 17.7 Å². The van der Waals surface area contributed by atoms with Crippen LogP contribution in [-0.4, -0.2) is 65.2 Å². The quantitative estimate of drug-likeness (QED) is 0.0543. The molecular formula is C33H40N6O5S. The van der Waals surface area contributed by atoms with Crippen molar-refractivity contribution in [3.63, 3.8) is 0 Å². The molecule has 0 aromatic heterocycles. The van der Waals surface area contributed by atoms with E-state index >= 15 is 0 Å². The predicted octanol–water partition coefficient (Wildman–Crippen LogP) is 2.55. The predicted molar refractivity (Wildman–Crippen MR) is 176 cm³/mol. The van der Waals surface area contributed by atoms with Crippen LogP contribution in [-0.2, 0) is 23.9 Å². The van der Waals surface area contributed by atoms with Gasteiger partial charge in [-0.1, -0.05) is 91.0 Å². The van der Waals surface area contributed by atoms with E-state index in [9.17, 15) is 24.3 Å². The fourth-order valence-electron chi connectivity index (χ4n) is 4.87. The SMILES string of the molecule is CC(=O)N[C@H](CSC(c1ccccc1)(c1ccccc1)c1ccccc1)C(=O)N[C@H](C)C(=O)N[C@H](CCCNC(=N)N)C(=O)O. The standard InChI is InChI=1S/C33H40N6O5S/c1-22(29(41)39-27(31(43)44)19-12-20-36-32(34)35)37-30(42)28(38-23(2)40)21-45-33(24-13-6-3-7-14-24,25-15-8-4-9-16-25)26-17-10-5-11-18-26/h3-11,13-18,22,27-28H,12,19-21H2,1-2H3,(H,37,42)(H,38,40)(H,39,41)(H,43,44)(H4,34,35,36)/t22-,27-,28-/m1/s1.